The lowest BCUT2D eigenvalue weighted by molar-refractivity contribution is -0.898. The molecular formula is C14H32N3+. The summed E-state index contributed by atoms with van der Waals surface area (Å²) in [6.07, 6.45) is 2.55. The maximum absolute atomic E-state index is 2.72. The zero-order valence-corrected chi connectivity index (χ0v) is 12.7. The summed E-state index contributed by atoms with van der Waals surface area (Å²) in [5.41, 5.74) is 0. The van der Waals surface area contributed by atoms with Gasteiger partial charge in [0.25, 0.3) is 0 Å². The molecule has 0 aromatic rings. The van der Waals surface area contributed by atoms with Gasteiger partial charge in [-0.05, 0) is 19.9 Å². The third kappa shape index (κ3) is 3.94. The molecule has 1 heterocycles. The van der Waals surface area contributed by atoms with E-state index in [4.69, 9.17) is 0 Å². The van der Waals surface area contributed by atoms with E-state index >= 15 is 0 Å². The molecule has 1 unspecified atom stereocenters. The van der Waals surface area contributed by atoms with Crippen LogP contribution in [0, 0.1) is 0 Å². The van der Waals surface area contributed by atoms with Crippen LogP contribution in [-0.2, 0) is 0 Å². The quantitative estimate of drug-likeness (QED) is 0.674. The Bertz CT molecular complexity index is 214. The van der Waals surface area contributed by atoms with E-state index in [0.29, 0.717) is 0 Å². The van der Waals surface area contributed by atoms with Gasteiger partial charge >= 0.3 is 0 Å². The smallest absolute Gasteiger partial charge is 0.104 e. The van der Waals surface area contributed by atoms with E-state index in [1.165, 1.54) is 39.0 Å². The van der Waals surface area contributed by atoms with Crippen LogP contribution in [0.25, 0.3) is 0 Å². The minimum absolute atomic E-state index is 0.744. The summed E-state index contributed by atoms with van der Waals surface area (Å²) in [5.74, 6) is 0. The van der Waals surface area contributed by atoms with E-state index in [9.17, 15) is 0 Å². The summed E-state index contributed by atoms with van der Waals surface area (Å²) < 4.78 is 1.08. The molecule has 1 aliphatic rings. The summed E-state index contributed by atoms with van der Waals surface area (Å²) >= 11 is 0. The van der Waals surface area contributed by atoms with Crippen molar-refractivity contribution in [3.8, 4) is 0 Å². The molecule has 0 N–H and O–H groups in total. The number of nitrogens with zero attached hydrogens (tertiary/aromatic N) is 3. The van der Waals surface area contributed by atoms with Crippen molar-refractivity contribution in [2.75, 3.05) is 54.4 Å². The average Bonchev–Trinajstić information content (AvgIpc) is 2.25. The van der Waals surface area contributed by atoms with Gasteiger partial charge in [-0.15, -0.1) is 0 Å². The monoisotopic (exact) mass is 242 g/mol. The standard InChI is InChI=1S/C14H32N3/c1-7-13(14(8-2)17(4,5)6)16-11-9-15(3)10-12-16/h13-14H,7-12H2,1-6H3/q+1/t13?,14-/m0/s1. The molecule has 3 heteroatoms. The van der Waals surface area contributed by atoms with Crippen molar-refractivity contribution in [2.45, 2.75) is 38.8 Å². The molecule has 0 aromatic heterocycles. The molecule has 102 valence electrons. The van der Waals surface area contributed by atoms with E-state index < -0.39 is 0 Å². The van der Waals surface area contributed by atoms with Gasteiger partial charge in [0.15, 0.2) is 0 Å². The second kappa shape index (κ2) is 6.17. The molecule has 0 aromatic carbocycles. The van der Waals surface area contributed by atoms with Crippen molar-refractivity contribution in [1.82, 2.24) is 9.80 Å². The van der Waals surface area contributed by atoms with Crippen molar-refractivity contribution in [3.05, 3.63) is 0 Å². The minimum atomic E-state index is 0.744. The van der Waals surface area contributed by atoms with Crippen LogP contribution in [0.3, 0.4) is 0 Å². The largest absolute Gasteiger partial charge is 0.327 e. The predicted molar refractivity (Wildman–Crippen MR) is 75.3 cm³/mol. The van der Waals surface area contributed by atoms with Crippen LogP contribution in [0.4, 0.5) is 0 Å². The first kappa shape index (κ1) is 14.9. The molecule has 1 rings (SSSR count). The molecule has 2 atom stereocenters. The van der Waals surface area contributed by atoms with Crippen LogP contribution in [0.15, 0.2) is 0 Å². The Morgan fingerprint density at radius 3 is 1.82 bits per heavy atom. The molecule has 3 nitrogen and oxygen atoms in total. The lowest BCUT2D eigenvalue weighted by Gasteiger charge is -2.45. The average molecular weight is 242 g/mol. The van der Waals surface area contributed by atoms with Crippen LogP contribution < -0.4 is 0 Å². The first-order chi connectivity index (χ1) is 7.90. The van der Waals surface area contributed by atoms with Gasteiger partial charge in [0.2, 0.25) is 0 Å². The number of likely N-dealkylation sites (N-methyl/N-ethyl adjacent to an activating group) is 2. The summed E-state index contributed by atoms with van der Waals surface area (Å²) in [6.45, 7) is 9.62. The Morgan fingerprint density at radius 2 is 1.47 bits per heavy atom. The van der Waals surface area contributed by atoms with E-state index in [1.807, 2.05) is 0 Å². The van der Waals surface area contributed by atoms with Gasteiger partial charge in [-0.1, -0.05) is 13.8 Å². The van der Waals surface area contributed by atoms with Crippen LogP contribution >= 0.6 is 0 Å². The fourth-order valence-electron chi connectivity index (χ4n) is 3.26. The summed E-state index contributed by atoms with van der Waals surface area (Å²) in [6, 6.07) is 1.50. The third-order valence-corrected chi connectivity index (χ3v) is 4.28. The van der Waals surface area contributed by atoms with E-state index in [0.717, 1.165) is 16.6 Å². The first-order valence-electron chi connectivity index (χ1n) is 7.13. The number of hydrogen-bond acceptors (Lipinski definition) is 2. The topological polar surface area (TPSA) is 6.48 Å². The molecule has 1 aliphatic heterocycles. The Kier molecular flexibility index (Phi) is 5.42. The Morgan fingerprint density at radius 1 is 0.941 bits per heavy atom. The number of quaternary nitrogens is 1. The highest BCUT2D eigenvalue weighted by Gasteiger charge is 2.34. The molecule has 0 amide bonds. The SMILES string of the molecule is CCC([C@H](CC)[N+](C)(C)C)N1CCN(C)CC1. The number of piperazine rings is 1. The lowest BCUT2D eigenvalue weighted by Crippen LogP contribution is -2.60. The van der Waals surface area contributed by atoms with E-state index in [1.54, 1.807) is 0 Å². The second-order valence-corrected chi connectivity index (χ2v) is 6.41. The van der Waals surface area contributed by atoms with Gasteiger partial charge in [-0.3, -0.25) is 4.90 Å². The molecular weight excluding hydrogens is 210 g/mol. The van der Waals surface area contributed by atoms with Gasteiger partial charge in [0.05, 0.1) is 27.2 Å². The molecule has 0 saturated carbocycles. The highest BCUT2D eigenvalue weighted by atomic mass is 15.4. The van der Waals surface area contributed by atoms with Crippen molar-refractivity contribution in [1.29, 1.82) is 0 Å². The number of hydrogen-bond donors (Lipinski definition) is 0. The third-order valence-electron chi connectivity index (χ3n) is 4.28. The predicted octanol–water partition coefficient (Wildman–Crippen LogP) is 1.50. The molecule has 17 heavy (non-hydrogen) atoms. The fraction of sp³-hybridized carbons (Fsp3) is 1.00. The molecule has 0 aliphatic carbocycles. The van der Waals surface area contributed by atoms with Gasteiger partial charge in [-0.2, -0.15) is 0 Å². The molecule has 0 spiro atoms. The van der Waals surface area contributed by atoms with Gasteiger partial charge in [-0.25, -0.2) is 0 Å². The summed E-state index contributed by atoms with van der Waals surface area (Å²) in [7, 11) is 9.25. The highest BCUT2D eigenvalue weighted by molar-refractivity contribution is 4.82. The van der Waals surface area contributed by atoms with Gasteiger partial charge < -0.3 is 9.38 Å². The molecule has 1 saturated heterocycles. The molecule has 0 bridgehead atoms. The van der Waals surface area contributed by atoms with Crippen molar-refractivity contribution < 1.29 is 4.48 Å². The maximum Gasteiger partial charge on any atom is 0.104 e. The Hall–Kier alpha value is -0.120. The van der Waals surface area contributed by atoms with E-state index in [2.05, 4.69) is 51.8 Å². The van der Waals surface area contributed by atoms with E-state index in [-0.39, 0.29) is 0 Å². The van der Waals surface area contributed by atoms with Crippen molar-refractivity contribution in [3.63, 3.8) is 0 Å². The van der Waals surface area contributed by atoms with Crippen LogP contribution in [0.5, 0.6) is 0 Å². The normalized spacial score (nSPS) is 23.6. The second-order valence-electron chi connectivity index (χ2n) is 6.41. The van der Waals surface area contributed by atoms with Gasteiger partial charge in [0.1, 0.15) is 6.04 Å². The minimum Gasteiger partial charge on any atom is -0.327 e. The van der Waals surface area contributed by atoms with Gasteiger partial charge in [0, 0.05) is 26.2 Å². The summed E-state index contributed by atoms with van der Waals surface area (Å²) in [5, 5.41) is 0. The maximum atomic E-state index is 2.72. The zero-order chi connectivity index (χ0) is 13.1. The highest BCUT2D eigenvalue weighted by Crippen LogP contribution is 2.21. The fourth-order valence-corrected chi connectivity index (χ4v) is 3.26. The lowest BCUT2D eigenvalue weighted by atomic mass is 9.98. The van der Waals surface area contributed by atoms with Crippen LogP contribution in [-0.4, -0.2) is 80.7 Å². The van der Waals surface area contributed by atoms with Crippen LogP contribution in [0.1, 0.15) is 26.7 Å². The Labute approximate surface area is 108 Å². The zero-order valence-electron chi connectivity index (χ0n) is 12.7. The van der Waals surface area contributed by atoms with Crippen molar-refractivity contribution in [2.24, 2.45) is 0 Å². The first-order valence-corrected chi connectivity index (χ1v) is 7.13. The van der Waals surface area contributed by atoms with Crippen LogP contribution in [0.2, 0.25) is 0 Å². The van der Waals surface area contributed by atoms with Crippen molar-refractivity contribution >= 4 is 0 Å². The summed E-state index contributed by atoms with van der Waals surface area (Å²) in [4.78, 5) is 5.16. The molecule has 1 fully saturated rings. The Balaban J connectivity index is 2.69. The molecule has 0 radical (unpaired) electrons. The number of rotatable bonds is 5.